The van der Waals surface area contributed by atoms with Crippen LogP contribution in [0.1, 0.15) is 37.7 Å². The summed E-state index contributed by atoms with van der Waals surface area (Å²) >= 11 is 14.3. The van der Waals surface area contributed by atoms with Crippen LogP contribution in [0.15, 0.2) is 18.2 Å². The molecule has 1 nitrogen and oxygen atoms in total. The van der Waals surface area contributed by atoms with Crippen LogP contribution in [-0.2, 0) is 6.42 Å². The van der Waals surface area contributed by atoms with E-state index in [2.05, 4.69) is 17.1 Å². The normalized spacial score (nSPS) is 18.1. The molecule has 0 aliphatic heterocycles. The zero-order valence-electron chi connectivity index (χ0n) is 12.0. The maximum atomic E-state index is 6.26. The highest BCUT2D eigenvalue weighted by Gasteiger charge is 2.17. The van der Waals surface area contributed by atoms with E-state index >= 15 is 0 Å². The Morgan fingerprint density at radius 3 is 2.65 bits per heavy atom. The fourth-order valence-corrected chi connectivity index (χ4v) is 4.62. The Bertz CT molecular complexity index is 419. The lowest BCUT2D eigenvalue weighted by molar-refractivity contribution is 0.514. The van der Waals surface area contributed by atoms with Gasteiger partial charge in [-0.2, -0.15) is 11.8 Å². The van der Waals surface area contributed by atoms with Crippen LogP contribution < -0.4 is 5.32 Å². The molecule has 1 atom stereocenters. The van der Waals surface area contributed by atoms with Crippen molar-refractivity contribution in [1.82, 2.24) is 5.32 Å². The smallest absolute Gasteiger partial charge is 0.0453 e. The predicted molar refractivity (Wildman–Crippen MR) is 92.3 cm³/mol. The van der Waals surface area contributed by atoms with Gasteiger partial charge < -0.3 is 5.32 Å². The Kier molecular flexibility index (Phi) is 7.03. The van der Waals surface area contributed by atoms with Gasteiger partial charge in [0, 0.05) is 27.1 Å². The van der Waals surface area contributed by atoms with E-state index in [4.69, 9.17) is 23.2 Å². The lowest BCUT2D eigenvalue weighted by Gasteiger charge is -2.24. The molecule has 2 rings (SSSR count). The van der Waals surface area contributed by atoms with Gasteiger partial charge >= 0.3 is 0 Å². The molecule has 1 aromatic rings. The quantitative estimate of drug-likeness (QED) is 0.769. The molecular weight excluding hydrogens is 309 g/mol. The van der Waals surface area contributed by atoms with Crippen LogP contribution in [-0.4, -0.2) is 24.1 Å². The Labute approximate surface area is 136 Å². The van der Waals surface area contributed by atoms with Gasteiger partial charge in [0.1, 0.15) is 0 Å². The largest absolute Gasteiger partial charge is 0.316 e. The Morgan fingerprint density at radius 2 is 2.00 bits per heavy atom. The minimum absolute atomic E-state index is 0.473. The summed E-state index contributed by atoms with van der Waals surface area (Å²) in [6.07, 6.45) is 7.99. The zero-order chi connectivity index (χ0) is 14.4. The highest BCUT2D eigenvalue weighted by molar-refractivity contribution is 7.99. The van der Waals surface area contributed by atoms with Gasteiger partial charge in [-0.25, -0.2) is 0 Å². The van der Waals surface area contributed by atoms with Crippen LogP contribution in [0.5, 0.6) is 0 Å². The van der Waals surface area contributed by atoms with Crippen molar-refractivity contribution in [1.29, 1.82) is 0 Å². The molecule has 1 aliphatic carbocycles. The first-order valence-electron chi connectivity index (χ1n) is 7.42. The standard InChI is InChI=1S/C16H23Cl2NS/c1-19-14(11-20-15-5-3-2-4-6-15)9-12-7-8-13(17)10-16(12)18/h7-8,10,14-15,19H,2-6,9,11H2,1H3. The third kappa shape index (κ3) is 5.14. The van der Waals surface area contributed by atoms with Gasteiger partial charge in [0.05, 0.1) is 0 Å². The van der Waals surface area contributed by atoms with Gasteiger partial charge in [-0.15, -0.1) is 0 Å². The molecule has 0 radical (unpaired) electrons. The molecule has 112 valence electrons. The third-order valence-corrected chi connectivity index (χ3v) is 6.10. The van der Waals surface area contributed by atoms with E-state index in [1.165, 1.54) is 37.7 Å². The van der Waals surface area contributed by atoms with Crippen LogP contribution in [0, 0.1) is 0 Å². The van der Waals surface area contributed by atoms with Crippen LogP contribution in [0.3, 0.4) is 0 Å². The Balaban J connectivity index is 1.84. The average Bonchev–Trinajstić information content (AvgIpc) is 2.46. The van der Waals surface area contributed by atoms with Crippen molar-refractivity contribution in [3.8, 4) is 0 Å². The maximum absolute atomic E-state index is 6.26. The molecule has 1 fully saturated rings. The van der Waals surface area contributed by atoms with Crippen molar-refractivity contribution in [2.24, 2.45) is 0 Å². The molecule has 1 N–H and O–H groups in total. The Hall–Kier alpha value is 0.110. The SMILES string of the molecule is CNC(CSC1CCCCC1)Cc1ccc(Cl)cc1Cl. The molecule has 1 aliphatic rings. The molecule has 1 unspecified atom stereocenters. The van der Waals surface area contributed by atoms with E-state index in [0.29, 0.717) is 11.1 Å². The summed E-state index contributed by atoms with van der Waals surface area (Å²) in [7, 11) is 2.04. The van der Waals surface area contributed by atoms with E-state index < -0.39 is 0 Å². The van der Waals surface area contributed by atoms with Gasteiger partial charge in [0.25, 0.3) is 0 Å². The fraction of sp³-hybridized carbons (Fsp3) is 0.625. The Morgan fingerprint density at radius 1 is 1.25 bits per heavy atom. The molecule has 20 heavy (non-hydrogen) atoms. The number of thioether (sulfide) groups is 1. The van der Waals surface area contributed by atoms with Crippen molar-refractivity contribution in [3.05, 3.63) is 33.8 Å². The molecular formula is C16H23Cl2NS. The highest BCUT2D eigenvalue weighted by Crippen LogP contribution is 2.29. The number of hydrogen-bond donors (Lipinski definition) is 1. The van der Waals surface area contributed by atoms with Crippen molar-refractivity contribution in [2.75, 3.05) is 12.8 Å². The summed E-state index contributed by atoms with van der Waals surface area (Å²) in [5, 5.41) is 5.76. The predicted octanol–water partition coefficient (Wildman–Crippen LogP) is 5.19. The summed E-state index contributed by atoms with van der Waals surface area (Å²) < 4.78 is 0. The van der Waals surface area contributed by atoms with Crippen molar-refractivity contribution >= 4 is 35.0 Å². The molecule has 0 heterocycles. The van der Waals surface area contributed by atoms with Gasteiger partial charge in [-0.1, -0.05) is 48.5 Å². The fourth-order valence-electron chi connectivity index (χ4n) is 2.68. The number of likely N-dealkylation sites (N-methyl/N-ethyl adjacent to an activating group) is 1. The first-order chi connectivity index (χ1) is 9.69. The molecule has 0 bridgehead atoms. The summed E-state index contributed by atoms with van der Waals surface area (Å²) in [5.41, 5.74) is 1.18. The molecule has 1 aromatic carbocycles. The molecule has 0 aromatic heterocycles. The first-order valence-corrected chi connectivity index (χ1v) is 9.22. The second-order valence-corrected chi connectivity index (χ2v) is 7.70. The molecule has 0 amide bonds. The molecule has 0 saturated heterocycles. The maximum Gasteiger partial charge on any atom is 0.0453 e. The monoisotopic (exact) mass is 331 g/mol. The number of halogens is 2. The first kappa shape index (κ1) is 16.5. The van der Waals surface area contributed by atoms with Crippen molar-refractivity contribution < 1.29 is 0 Å². The summed E-state index contributed by atoms with van der Waals surface area (Å²) in [4.78, 5) is 0. The number of nitrogens with one attached hydrogen (secondary N) is 1. The second-order valence-electron chi connectivity index (χ2n) is 5.52. The average molecular weight is 332 g/mol. The zero-order valence-corrected chi connectivity index (χ0v) is 14.3. The van der Waals surface area contributed by atoms with Crippen molar-refractivity contribution in [2.45, 2.75) is 49.8 Å². The topological polar surface area (TPSA) is 12.0 Å². The third-order valence-electron chi connectivity index (χ3n) is 3.97. The number of hydrogen-bond acceptors (Lipinski definition) is 2. The van der Waals surface area contributed by atoms with Crippen LogP contribution in [0.25, 0.3) is 0 Å². The van der Waals surface area contributed by atoms with Crippen LogP contribution in [0.4, 0.5) is 0 Å². The number of benzene rings is 1. The summed E-state index contributed by atoms with van der Waals surface area (Å²) in [6, 6.07) is 6.27. The van der Waals surface area contributed by atoms with Gasteiger partial charge in [-0.3, -0.25) is 0 Å². The minimum atomic E-state index is 0.473. The minimum Gasteiger partial charge on any atom is -0.316 e. The van der Waals surface area contributed by atoms with E-state index in [1.54, 1.807) is 0 Å². The lowest BCUT2D eigenvalue weighted by atomic mass is 10.0. The second kappa shape index (κ2) is 8.53. The van der Waals surface area contributed by atoms with E-state index in [9.17, 15) is 0 Å². The van der Waals surface area contributed by atoms with E-state index in [-0.39, 0.29) is 0 Å². The lowest BCUT2D eigenvalue weighted by Crippen LogP contribution is -2.31. The van der Waals surface area contributed by atoms with E-state index in [0.717, 1.165) is 22.4 Å². The van der Waals surface area contributed by atoms with Gasteiger partial charge in [0.2, 0.25) is 0 Å². The van der Waals surface area contributed by atoms with Crippen LogP contribution in [0.2, 0.25) is 10.0 Å². The summed E-state index contributed by atoms with van der Waals surface area (Å²) in [6.45, 7) is 0. The van der Waals surface area contributed by atoms with Crippen molar-refractivity contribution in [3.63, 3.8) is 0 Å². The molecule has 4 heteroatoms. The van der Waals surface area contributed by atoms with Gasteiger partial charge in [-0.05, 0) is 44.0 Å². The van der Waals surface area contributed by atoms with Crippen LogP contribution >= 0.6 is 35.0 Å². The summed E-state index contributed by atoms with van der Waals surface area (Å²) in [5.74, 6) is 1.15. The van der Waals surface area contributed by atoms with E-state index in [1.807, 2.05) is 25.2 Å². The molecule has 1 saturated carbocycles. The number of rotatable bonds is 6. The molecule has 0 spiro atoms. The highest BCUT2D eigenvalue weighted by atomic mass is 35.5. The van der Waals surface area contributed by atoms with Gasteiger partial charge in [0.15, 0.2) is 0 Å².